The number of likely N-dealkylation sites (tertiary alicyclic amines) is 1. The van der Waals surface area contributed by atoms with Gasteiger partial charge in [-0.25, -0.2) is 0 Å². The fraction of sp³-hybridized carbons (Fsp3) is 0.923. The van der Waals surface area contributed by atoms with Crippen molar-refractivity contribution in [1.82, 2.24) is 10.2 Å². The highest BCUT2D eigenvalue weighted by molar-refractivity contribution is 5.81. The molecular weight excluding hydrogens is 214 g/mol. The molecule has 0 aliphatic carbocycles. The maximum atomic E-state index is 11.7. The lowest BCUT2D eigenvalue weighted by Gasteiger charge is -2.24. The molecule has 0 saturated carbocycles. The number of hydrogen-bond donors (Lipinski definition) is 2. The van der Waals surface area contributed by atoms with E-state index in [-0.39, 0.29) is 11.9 Å². The van der Waals surface area contributed by atoms with E-state index in [4.69, 9.17) is 5.73 Å². The highest BCUT2D eigenvalue weighted by Crippen LogP contribution is 2.10. The topological polar surface area (TPSA) is 58.4 Å². The van der Waals surface area contributed by atoms with Crippen molar-refractivity contribution >= 4 is 5.91 Å². The lowest BCUT2D eigenvalue weighted by atomic mass is 10.0. The Kier molecular flexibility index (Phi) is 5.92. The van der Waals surface area contributed by atoms with Crippen molar-refractivity contribution in [3.8, 4) is 0 Å². The van der Waals surface area contributed by atoms with Crippen molar-refractivity contribution in [2.24, 2.45) is 11.7 Å². The number of nitrogens with one attached hydrogen (secondary N) is 1. The third-order valence-corrected chi connectivity index (χ3v) is 3.40. The smallest absolute Gasteiger partial charge is 0.236 e. The van der Waals surface area contributed by atoms with Crippen LogP contribution in [0.15, 0.2) is 0 Å². The van der Waals surface area contributed by atoms with Crippen LogP contribution in [-0.2, 0) is 4.79 Å². The van der Waals surface area contributed by atoms with Crippen LogP contribution < -0.4 is 11.1 Å². The minimum atomic E-state index is -0.360. The Balaban J connectivity index is 2.22. The number of carbonyl (C=O) groups is 1. The monoisotopic (exact) mass is 241 g/mol. The van der Waals surface area contributed by atoms with Crippen LogP contribution in [0.2, 0.25) is 0 Å². The van der Waals surface area contributed by atoms with Crippen LogP contribution in [-0.4, -0.2) is 42.5 Å². The molecule has 1 fully saturated rings. The van der Waals surface area contributed by atoms with Crippen LogP contribution in [0, 0.1) is 5.92 Å². The number of amides is 1. The molecule has 100 valence electrons. The number of carbonyl (C=O) groups excluding carboxylic acids is 1. The van der Waals surface area contributed by atoms with E-state index in [1.54, 1.807) is 0 Å². The predicted molar refractivity (Wildman–Crippen MR) is 70.7 cm³/mol. The van der Waals surface area contributed by atoms with Gasteiger partial charge in [0.05, 0.1) is 6.04 Å². The molecule has 1 aliphatic rings. The fourth-order valence-electron chi connectivity index (χ4n) is 2.31. The summed E-state index contributed by atoms with van der Waals surface area (Å²) in [5.74, 6) is 0.455. The number of rotatable bonds is 6. The Labute approximate surface area is 105 Å². The van der Waals surface area contributed by atoms with Crippen molar-refractivity contribution in [2.75, 3.05) is 19.6 Å². The fourth-order valence-corrected chi connectivity index (χ4v) is 2.31. The van der Waals surface area contributed by atoms with E-state index >= 15 is 0 Å². The van der Waals surface area contributed by atoms with Gasteiger partial charge >= 0.3 is 0 Å². The van der Waals surface area contributed by atoms with Gasteiger partial charge in [0.25, 0.3) is 0 Å². The van der Waals surface area contributed by atoms with Gasteiger partial charge < -0.3 is 11.1 Å². The molecule has 2 atom stereocenters. The van der Waals surface area contributed by atoms with Gasteiger partial charge in [0.1, 0.15) is 0 Å². The minimum absolute atomic E-state index is 0.00949. The van der Waals surface area contributed by atoms with Crippen molar-refractivity contribution < 1.29 is 4.79 Å². The minimum Gasteiger partial charge on any atom is -0.353 e. The van der Waals surface area contributed by atoms with Crippen molar-refractivity contribution in [3.63, 3.8) is 0 Å². The number of hydrogen-bond acceptors (Lipinski definition) is 3. The van der Waals surface area contributed by atoms with Gasteiger partial charge in [0, 0.05) is 12.6 Å². The summed E-state index contributed by atoms with van der Waals surface area (Å²) in [4.78, 5) is 14.2. The summed E-state index contributed by atoms with van der Waals surface area (Å²) >= 11 is 0. The highest BCUT2D eigenvalue weighted by Gasteiger charge is 2.20. The average Bonchev–Trinajstić information content (AvgIpc) is 2.77. The maximum absolute atomic E-state index is 11.7. The maximum Gasteiger partial charge on any atom is 0.236 e. The SMILES string of the molecule is CC(C)CC(N)C(=O)NCC(C)N1CCCC1. The summed E-state index contributed by atoms with van der Waals surface area (Å²) in [5.41, 5.74) is 5.83. The van der Waals surface area contributed by atoms with E-state index in [0.717, 1.165) is 19.5 Å². The van der Waals surface area contributed by atoms with Gasteiger partial charge in [0.2, 0.25) is 5.91 Å². The van der Waals surface area contributed by atoms with Gasteiger partial charge in [-0.3, -0.25) is 9.69 Å². The van der Waals surface area contributed by atoms with Crippen LogP contribution in [0.25, 0.3) is 0 Å². The van der Waals surface area contributed by atoms with Gasteiger partial charge in [0.15, 0.2) is 0 Å². The van der Waals surface area contributed by atoms with Crippen LogP contribution in [0.4, 0.5) is 0 Å². The van der Waals surface area contributed by atoms with Crippen molar-refractivity contribution in [1.29, 1.82) is 0 Å². The zero-order valence-corrected chi connectivity index (χ0v) is 11.4. The molecule has 3 N–H and O–H groups in total. The Morgan fingerprint density at radius 2 is 1.88 bits per heavy atom. The van der Waals surface area contributed by atoms with E-state index in [1.165, 1.54) is 12.8 Å². The predicted octanol–water partition coefficient (Wildman–Crippen LogP) is 0.960. The van der Waals surface area contributed by atoms with Gasteiger partial charge in [-0.05, 0) is 45.2 Å². The molecule has 4 heteroatoms. The molecule has 0 bridgehead atoms. The molecule has 1 saturated heterocycles. The van der Waals surface area contributed by atoms with Crippen LogP contribution in [0.5, 0.6) is 0 Å². The summed E-state index contributed by atoms with van der Waals surface area (Å²) in [5, 5.41) is 2.96. The van der Waals surface area contributed by atoms with Crippen molar-refractivity contribution in [3.05, 3.63) is 0 Å². The van der Waals surface area contributed by atoms with Gasteiger partial charge in [-0.2, -0.15) is 0 Å². The van der Waals surface area contributed by atoms with E-state index in [2.05, 4.69) is 31.0 Å². The molecule has 17 heavy (non-hydrogen) atoms. The third kappa shape index (κ3) is 5.04. The van der Waals surface area contributed by atoms with Crippen LogP contribution >= 0.6 is 0 Å². The molecule has 1 heterocycles. The summed E-state index contributed by atoms with van der Waals surface area (Å²) < 4.78 is 0. The Morgan fingerprint density at radius 3 is 2.41 bits per heavy atom. The molecule has 4 nitrogen and oxygen atoms in total. The zero-order chi connectivity index (χ0) is 12.8. The molecular formula is C13H27N3O. The molecule has 0 aromatic carbocycles. The standard InChI is InChI=1S/C13H27N3O/c1-10(2)8-12(14)13(17)15-9-11(3)16-6-4-5-7-16/h10-12H,4-9,14H2,1-3H3,(H,15,17). The summed E-state index contributed by atoms with van der Waals surface area (Å²) in [6, 6.07) is 0.0634. The Hall–Kier alpha value is -0.610. The molecule has 0 radical (unpaired) electrons. The van der Waals surface area contributed by atoms with Gasteiger partial charge in [-0.1, -0.05) is 13.8 Å². The molecule has 1 amide bonds. The molecule has 0 aromatic heterocycles. The Morgan fingerprint density at radius 1 is 1.29 bits per heavy atom. The lowest BCUT2D eigenvalue weighted by molar-refractivity contribution is -0.122. The molecule has 1 rings (SSSR count). The van der Waals surface area contributed by atoms with E-state index < -0.39 is 0 Å². The van der Waals surface area contributed by atoms with E-state index in [1.807, 2.05) is 0 Å². The van der Waals surface area contributed by atoms with Crippen LogP contribution in [0.3, 0.4) is 0 Å². The summed E-state index contributed by atoms with van der Waals surface area (Å²) in [6.45, 7) is 9.37. The molecule has 2 unspecified atom stereocenters. The normalized spacial score (nSPS) is 20.5. The van der Waals surface area contributed by atoms with E-state index in [0.29, 0.717) is 18.5 Å². The molecule has 1 aliphatic heterocycles. The van der Waals surface area contributed by atoms with Gasteiger partial charge in [-0.15, -0.1) is 0 Å². The first kappa shape index (κ1) is 14.5. The largest absolute Gasteiger partial charge is 0.353 e. The second-order valence-electron chi connectivity index (χ2n) is 5.57. The molecule has 0 aromatic rings. The summed E-state index contributed by atoms with van der Waals surface area (Å²) in [7, 11) is 0. The first-order valence-electron chi connectivity index (χ1n) is 6.78. The van der Waals surface area contributed by atoms with Crippen LogP contribution in [0.1, 0.15) is 40.0 Å². The quantitative estimate of drug-likeness (QED) is 0.728. The van der Waals surface area contributed by atoms with E-state index in [9.17, 15) is 4.79 Å². The highest BCUT2D eigenvalue weighted by atomic mass is 16.2. The third-order valence-electron chi connectivity index (χ3n) is 3.40. The number of nitrogens with two attached hydrogens (primary N) is 1. The Bertz CT molecular complexity index is 237. The second-order valence-corrected chi connectivity index (χ2v) is 5.57. The molecule has 0 spiro atoms. The second kappa shape index (κ2) is 6.97. The van der Waals surface area contributed by atoms with Crippen molar-refractivity contribution in [2.45, 2.75) is 52.1 Å². The zero-order valence-electron chi connectivity index (χ0n) is 11.4. The lowest BCUT2D eigenvalue weighted by Crippen LogP contribution is -2.46. The summed E-state index contributed by atoms with van der Waals surface area (Å²) in [6.07, 6.45) is 3.32. The first-order valence-corrected chi connectivity index (χ1v) is 6.78. The first-order chi connectivity index (χ1) is 8.00. The number of nitrogens with zero attached hydrogens (tertiary/aromatic N) is 1. The average molecular weight is 241 g/mol.